The molecule has 1 saturated heterocycles. The van der Waals surface area contributed by atoms with Crippen molar-refractivity contribution in [3.8, 4) is 10.4 Å². The molecule has 1 aliphatic heterocycles. The molecule has 0 bridgehead atoms. The fourth-order valence-corrected chi connectivity index (χ4v) is 5.26. The maximum Gasteiger partial charge on any atom is 0.243 e. The van der Waals surface area contributed by atoms with Crippen LogP contribution < -0.4 is 5.32 Å². The fraction of sp³-hybridized carbons (Fsp3) is 0.538. The summed E-state index contributed by atoms with van der Waals surface area (Å²) in [5.41, 5.74) is 4.40. The number of thiazole rings is 1. The maximum atomic E-state index is 13.4. The van der Waals surface area contributed by atoms with E-state index in [0.29, 0.717) is 0 Å². The number of hydrogen-bond donors (Lipinski definition) is 2. The van der Waals surface area contributed by atoms with Gasteiger partial charge in [0, 0.05) is 25.3 Å². The van der Waals surface area contributed by atoms with Gasteiger partial charge in [-0.3, -0.25) is 9.59 Å². The highest BCUT2D eigenvalue weighted by Crippen LogP contribution is 2.34. The maximum absolute atomic E-state index is 13.4. The van der Waals surface area contributed by atoms with Crippen LogP contribution in [0, 0.1) is 18.3 Å². The zero-order chi connectivity index (χ0) is 25.2. The summed E-state index contributed by atoms with van der Waals surface area (Å²) in [4.78, 5) is 45.3. The minimum atomic E-state index is -0.769. The van der Waals surface area contributed by atoms with Gasteiger partial charge in [0.05, 0.1) is 28.2 Å². The Balaban J connectivity index is 1.72. The second-order valence-electron chi connectivity index (χ2n) is 10.3. The van der Waals surface area contributed by atoms with Gasteiger partial charge >= 0.3 is 0 Å². The molecule has 1 aromatic carbocycles. The van der Waals surface area contributed by atoms with Crippen LogP contribution >= 0.6 is 11.3 Å². The Bertz CT molecular complexity index is 1040. The number of aromatic nitrogens is 1. The Morgan fingerprint density at radius 3 is 2.41 bits per heavy atom. The van der Waals surface area contributed by atoms with Crippen LogP contribution in [0.5, 0.6) is 0 Å². The second-order valence-corrected chi connectivity index (χ2v) is 11.2. The molecule has 7 nitrogen and oxygen atoms in total. The molecule has 1 fully saturated rings. The lowest BCUT2D eigenvalue weighted by Crippen LogP contribution is -2.50. The van der Waals surface area contributed by atoms with Crippen LogP contribution in [-0.2, 0) is 14.4 Å². The first-order valence-corrected chi connectivity index (χ1v) is 12.5. The summed E-state index contributed by atoms with van der Waals surface area (Å²) in [5.74, 6) is -1.17. The van der Waals surface area contributed by atoms with E-state index in [9.17, 15) is 19.5 Å². The number of benzene rings is 1. The molecule has 34 heavy (non-hydrogen) atoms. The minimum absolute atomic E-state index is 0.0698. The number of nitrogens with zero attached hydrogens (tertiary/aromatic N) is 2. The molecular weight excluding hydrogens is 450 g/mol. The highest BCUT2D eigenvalue weighted by molar-refractivity contribution is 7.13. The van der Waals surface area contributed by atoms with Crippen molar-refractivity contribution >= 4 is 28.9 Å². The predicted molar refractivity (Wildman–Crippen MR) is 133 cm³/mol. The Kier molecular flexibility index (Phi) is 7.93. The van der Waals surface area contributed by atoms with Gasteiger partial charge in [0.1, 0.15) is 11.8 Å². The first-order chi connectivity index (χ1) is 15.9. The summed E-state index contributed by atoms with van der Waals surface area (Å²) >= 11 is 1.59. The number of carbonyl (C=O) groups excluding carboxylic acids is 3. The van der Waals surface area contributed by atoms with Crippen molar-refractivity contribution in [3.63, 3.8) is 0 Å². The van der Waals surface area contributed by atoms with Crippen LogP contribution in [0.4, 0.5) is 0 Å². The Morgan fingerprint density at radius 1 is 1.24 bits per heavy atom. The summed E-state index contributed by atoms with van der Waals surface area (Å²) in [7, 11) is 0. The third kappa shape index (κ3) is 5.91. The third-order valence-corrected chi connectivity index (χ3v) is 7.45. The number of aliphatic hydroxyl groups excluding tert-OH is 1. The minimum Gasteiger partial charge on any atom is -0.391 e. The highest BCUT2D eigenvalue weighted by Gasteiger charge is 2.44. The molecule has 1 aromatic heterocycles. The molecule has 8 heteroatoms. The van der Waals surface area contributed by atoms with E-state index in [1.165, 1.54) is 11.8 Å². The van der Waals surface area contributed by atoms with Gasteiger partial charge < -0.3 is 20.1 Å². The van der Waals surface area contributed by atoms with Gasteiger partial charge in [-0.15, -0.1) is 11.3 Å². The molecule has 2 heterocycles. The molecular formula is C26H35N3O4S. The van der Waals surface area contributed by atoms with Gasteiger partial charge in [-0.25, -0.2) is 4.98 Å². The zero-order valence-corrected chi connectivity index (χ0v) is 21.6. The van der Waals surface area contributed by atoms with E-state index in [0.717, 1.165) is 21.7 Å². The molecule has 0 aliphatic carbocycles. The Morgan fingerprint density at radius 2 is 1.88 bits per heavy atom. The topological polar surface area (TPSA) is 99.6 Å². The van der Waals surface area contributed by atoms with Gasteiger partial charge in [0.2, 0.25) is 11.8 Å². The fourth-order valence-electron chi connectivity index (χ4n) is 4.45. The van der Waals surface area contributed by atoms with Crippen molar-refractivity contribution in [1.29, 1.82) is 0 Å². The Labute approximate surface area is 205 Å². The third-order valence-electron chi connectivity index (χ3n) is 6.48. The lowest BCUT2D eigenvalue weighted by Gasteiger charge is -2.34. The van der Waals surface area contributed by atoms with Crippen molar-refractivity contribution in [2.45, 2.75) is 72.6 Å². The number of likely N-dealkylation sites (tertiary alicyclic amines) is 1. The number of β-amino-alcohol motifs (C(OH)–C–C–N with tert-alkyl or cyclic N) is 1. The van der Waals surface area contributed by atoms with Gasteiger partial charge in [-0.1, -0.05) is 45.0 Å². The molecule has 2 aromatic rings. The molecule has 2 amide bonds. The summed E-state index contributed by atoms with van der Waals surface area (Å²) in [6.45, 7) is 11.2. The summed E-state index contributed by atoms with van der Waals surface area (Å²) in [5, 5.41) is 13.3. The van der Waals surface area contributed by atoms with E-state index in [4.69, 9.17) is 0 Å². The smallest absolute Gasteiger partial charge is 0.243 e. The van der Waals surface area contributed by atoms with E-state index in [1.807, 2.05) is 64.4 Å². The largest absolute Gasteiger partial charge is 0.391 e. The van der Waals surface area contributed by atoms with Gasteiger partial charge in [0.25, 0.3) is 0 Å². The van der Waals surface area contributed by atoms with Gasteiger partial charge in [-0.2, -0.15) is 0 Å². The van der Waals surface area contributed by atoms with Crippen LogP contribution in [0.25, 0.3) is 10.4 Å². The van der Waals surface area contributed by atoms with Crippen LogP contribution in [0.2, 0.25) is 0 Å². The second kappa shape index (κ2) is 10.4. The lowest BCUT2D eigenvalue weighted by atomic mass is 9.77. The SMILES string of the molecule is CC(=O)C[C@H](C(=O)N1C[C@H](O)C[C@H]1C(=O)N[C@@H](C)c1ccc(-c2scnc2C)cc1)C(C)(C)C. The van der Waals surface area contributed by atoms with Gasteiger partial charge in [-0.05, 0) is 37.3 Å². The average Bonchev–Trinajstić information content (AvgIpc) is 3.36. The molecule has 2 N–H and O–H groups in total. The molecule has 0 radical (unpaired) electrons. The van der Waals surface area contributed by atoms with Crippen molar-refractivity contribution in [2.75, 3.05) is 6.54 Å². The number of nitrogens with one attached hydrogen (secondary N) is 1. The number of aliphatic hydroxyl groups is 1. The standard InChI is InChI=1S/C26H35N3O4S/c1-15(30)11-21(26(4,5)6)25(33)29-13-20(31)12-22(29)24(32)28-16(2)18-7-9-19(10-8-18)23-17(3)27-14-34-23/h7-10,14,16,20-22,31H,11-13H2,1-6H3,(H,28,32)/t16-,20+,21+,22-/m0/s1. The van der Waals surface area contributed by atoms with Crippen LogP contribution in [-0.4, -0.2) is 51.3 Å². The van der Waals surface area contributed by atoms with E-state index < -0.39 is 23.5 Å². The van der Waals surface area contributed by atoms with Crippen molar-refractivity contribution in [3.05, 3.63) is 41.0 Å². The quantitative estimate of drug-likeness (QED) is 0.620. The predicted octanol–water partition coefficient (Wildman–Crippen LogP) is 3.90. The van der Waals surface area contributed by atoms with Crippen molar-refractivity contribution in [2.24, 2.45) is 11.3 Å². The number of Topliss-reactive ketones (excluding diaryl/α,β-unsaturated/α-hetero) is 1. The van der Waals surface area contributed by atoms with E-state index in [2.05, 4.69) is 10.3 Å². The summed E-state index contributed by atoms with van der Waals surface area (Å²) in [6.07, 6.45) is -0.467. The molecule has 184 valence electrons. The highest BCUT2D eigenvalue weighted by atomic mass is 32.1. The molecule has 3 rings (SSSR count). The average molecular weight is 486 g/mol. The number of amides is 2. The number of rotatable bonds is 7. The van der Waals surface area contributed by atoms with E-state index in [-0.39, 0.29) is 43.0 Å². The molecule has 4 atom stereocenters. The van der Waals surface area contributed by atoms with Crippen molar-refractivity contribution in [1.82, 2.24) is 15.2 Å². The number of carbonyl (C=O) groups is 3. The van der Waals surface area contributed by atoms with Crippen LogP contribution in [0.15, 0.2) is 29.8 Å². The molecule has 0 saturated carbocycles. The van der Waals surface area contributed by atoms with Crippen molar-refractivity contribution < 1.29 is 19.5 Å². The summed E-state index contributed by atoms with van der Waals surface area (Å²) in [6, 6.07) is 6.96. The molecule has 0 unspecified atom stereocenters. The van der Waals surface area contributed by atoms with Crippen LogP contribution in [0.3, 0.4) is 0 Å². The molecule has 1 aliphatic rings. The van der Waals surface area contributed by atoms with Gasteiger partial charge in [0.15, 0.2) is 0 Å². The summed E-state index contributed by atoms with van der Waals surface area (Å²) < 4.78 is 0. The molecule has 0 spiro atoms. The zero-order valence-electron chi connectivity index (χ0n) is 20.8. The first-order valence-electron chi connectivity index (χ1n) is 11.7. The number of aryl methyl sites for hydroxylation is 1. The monoisotopic (exact) mass is 485 g/mol. The first kappa shape index (κ1) is 26.0. The Hall–Kier alpha value is -2.58. The lowest BCUT2D eigenvalue weighted by molar-refractivity contribution is -0.146. The van der Waals surface area contributed by atoms with Crippen LogP contribution in [0.1, 0.15) is 64.8 Å². The normalized spacial score (nSPS) is 20.1. The van der Waals surface area contributed by atoms with E-state index >= 15 is 0 Å². The van der Waals surface area contributed by atoms with E-state index in [1.54, 1.807) is 11.3 Å². The number of hydrogen-bond acceptors (Lipinski definition) is 6. The number of ketones is 1.